The van der Waals surface area contributed by atoms with Gasteiger partial charge in [0.15, 0.2) is 0 Å². The number of rotatable bonds is 1. The first-order valence-corrected chi connectivity index (χ1v) is 6.30. The van der Waals surface area contributed by atoms with Crippen LogP contribution < -0.4 is 5.73 Å². The maximum atomic E-state index is 13.4. The second kappa shape index (κ2) is 5.14. The molecule has 0 heterocycles. The highest BCUT2D eigenvalue weighted by molar-refractivity contribution is 6.42. The molecular weight excluding hydrogens is 319 g/mol. The minimum atomic E-state index is -0.522. The minimum Gasteiger partial charge on any atom is -0.397 e. The van der Waals surface area contributed by atoms with Gasteiger partial charge in [0.05, 0.1) is 20.8 Å². The summed E-state index contributed by atoms with van der Waals surface area (Å²) < 4.78 is 13.4. The summed E-state index contributed by atoms with van der Waals surface area (Å²) in [4.78, 5) is 0. The molecule has 0 aliphatic carbocycles. The average Bonchev–Trinajstić information content (AvgIpc) is 2.23. The Morgan fingerprint density at radius 2 is 1.39 bits per heavy atom. The van der Waals surface area contributed by atoms with Crippen LogP contribution in [0.5, 0.6) is 0 Å². The Balaban J connectivity index is 2.77. The van der Waals surface area contributed by atoms with Crippen molar-refractivity contribution in [3.63, 3.8) is 0 Å². The highest BCUT2D eigenvalue weighted by Gasteiger charge is 2.15. The third kappa shape index (κ3) is 2.52. The fourth-order valence-corrected chi connectivity index (χ4v) is 2.82. The van der Waals surface area contributed by atoms with Crippen molar-refractivity contribution >= 4 is 52.1 Å². The van der Waals surface area contributed by atoms with E-state index in [0.717, 1.165) is 6.07 Å². The number of halogens is 5. The van der Waals surface area contributed by atoms with Crippen molar-refractivity contribution in [3.8, 4) is 11.1 Å². The summed E-state index contributed by atoms with van der Waals surface area (Å²) in [5.41, 5.74) is 6.77. The van der Waals surface area contributed by atoms with Crippen molar-refractivity contribution in [3.05, 3.63) is 50.2 Å². The zero-order valence-electron chi connectivity index (χ0n) is 8.78. The Morgan fingerprint density at radius 1 is 0.833 bits per heavy atom. The van der Waals surface area contributed by atoms with Gasteiger partial charge in [-0.2, -0.15) is 0 Å². The van der Waals surface area contributed by atoms with Gasteiger partial charge in [-0.15, -0.1) is 0 Å². The van der Waals surface area contributed by atoms with Crippen molar-refractivity contribution < 1.29 is 4.39 Å². The largest absolute Gasteiger partial charge is 0.397 e. The van der Waals surface area contributed by atoms with Crippen molar-refractivity contribution in [2.45, 2.75) is 0 Å². The Morgan fingerprint density at radius 3 is 1.94 bits per heavy atom. The van der Waals surface area contributed by atoms with E-state index in [1.807, 2.05) is 0 Å². The smallest absolute Gasteiger partial charge is 0.125 e. The van der Waals surface area contributed by atoms with E-state index in [4.69, 9.17) is 52.1 Å². The minimum absolute atomic E-state index is 0.104. The number of nitrogen functional groups attached to an aromatic ring is 1. The van der Waals surface area contributed by atoms with E-state index in [-0.39, 0.29) is 20.8 Å². The molecule has 1 nitrogen and oxygen atoms in total. The lowest BCUT2D eigenvalue weighted by molar-refractivity contribution is 0.628. The van der Waals surface area contributed by atoms with E-state index in [1.165, 1.54) is 18.2 Å². The summed E-state index contributed by atoms with van der Waals surface area (Å²) in [5, 5.41) is 1.05. The van der Waals surface area contributed by atoms with Crippen molar-refractivity contribution in [2.75, 3.05) is 5.73 Å². The van der Waals surface area contributed by atoms with Gasteiger partial charge in [0.2, 0.25) is 0 Å². The molecule has 2 aromatic carbocycles. The van der Waals surface area contributed by atoms with Gasteiger partial charge < -0.3 is 5.73 Å². The molecule has 0 saturated carbocycles. The fourth-order valence-electron chi connectivity index (χ4n) is 1.59. The molecule has 6 heteroatoms. The number of nitrogens with two attached hydrogens (primary N) is 1. The number of anilines is 1. The third-order valence-electron chi connectivity index (χ3n) is 2.37. The van der Waals surface area contributed by atoms with Crippen LogP contribution in [-0.2, 0) is 0 Å². The maximum Gasteiger partial charge on any atom is 0.125 e. The summed E-state index contributed by atoms with van der Waals surface area (Å²) in [6.45, 7) is 0. The standard InChI is InChI=1S/C12H6Cl4FN/c13-5-1-8(14)11(9(15)2-5)7-3-6(17)4-10(16)12(7)18/h1-4H,18H2. The van der Waals surface area contributed by atoms with Crippen molar-refractivity contribution in [1.29, 1.82) is 0 Å². The topological polar surface area (TPSA) is 26.0 Å². The van der Waals surface area contributed by atoms with Crippen LogP contribution in [0.25, 0.3) is 11.1 Å². The zero-order chi connectivity index (χ0) is 13.4. The first-order chi connectivity index (χ1) is 8.40. The van der Waals surface area contributed by atoms with E-state index < -0.39 is 5.82 Å². The Bertz CT molecular complexity index is 605. The fraction of sp³-hybridized carbons (Fsp3) is 0. The summed E-state index contributed by atoms with van der Waals surface area (Å²) in [6, 6.07) is 5.35. The normalized spacial score (nSPS) is 10.7. The average molecular weight is 325 g/mol. The van der Waals surface area contributed by atoms with Gasteiger partial charge in [-0.1, -0.05) is 46.4 Å². The van der Waals surface area contributed by atoms with E-state index in [0.29, 0.717) is 16.1 Å². The molecule has 0 amide bonds. The van der Waals surface area contributed by atoms with E-state index >= 15 is 0 Å². The third-order valence-corrected chi connectivity index (χ3v) is 3.50. The highest BCUT2D eigenvalue weighted by Crippen LogP contribution is 2.42. The van der Waals surface area contributed by atoms with E-state index in [9.17, 15) is 4.39 Å². The molecule has 0 radical (unpaired) electrons. The molecule has 18 heavy (non-hydrogen) atoms. The first-order valence-electron chi connectivity index (χ1n) is 4.79. The monoisotopic (exact) mass is 323 g/mol. The summed E-state index contributed by atoms with van der Waals surface area (Å²) in [5.74, 6) is -0.522. The summed E-state index contributed by atoms with van der Waals surface area (Å²) in [7, 11) is 0. The van der Waals surface area contributed by atoms with Crippen LogP contribution >= 0.6 is 46.4 Å². The van der Waals surface area contributed by atoms with Gasteiger partial charge in [0, 0.05) is 16.1 Å². The molecule has 0 aliphatic rings. The van der Waals surface area contributed by atoms with Gasteiger partial charge in [0.1, 0.15) is 5.82 Å². The van der Waals surface area contributed by atoms with E-state index in [2.05, 4.69) is 0 Å². The van der Waals surface area contributed by atoms with Gasteiger partial charge in [-0.3, -0.25) is 0 Å². The Hall–Kier alpha value is -0.670. The molecule has 2 N–H and O–H groups in total. The molecule has 0 atom stereocenters. The van der Waals surface area contributed by atoms with Crippen molar-refractivity contribution in [1.82, 2.24) is 0 Å². The molecule has 0 bridgehead atoms. The van der Waals surface area contributed by atoms with Crippen LogP contribution in [0, 0.1) is 5.82 Å². The second-order valence-electron chi connectivity index (χ2n) is 3.59. The molecule has 0 spiro atoms. The molecule has 0 aliphatic heterocycles. The molecule has 2 rings (SSSR count). The number of hydrogen-bond donors (Lipinski definition) is 1. The lowest BCUT2D eigenvalue weighted by Crippen LogP contribution is -1.94. The summed E-state index contributed by atoms with van der Waals surface area (Å²) in [6.07, 6.45) is 0. The Labute approximate surface area is 123 Å². The zero-order valence-corrected chi connectivity index (χ0v) is 11.8. The number of hydrogen-bond acceptors (Lipinski definition) is 1. The second-order valence-corrected chi connectivity index (χ2v) is 5.25. The lowest BCUT2D eigenvalue weighted by Gasteiger charge is -2.12. The SMILES string of the molecule is Nc1c(Cl)cc(F)cc1-c1c(Cl)cc(Cl)cc1Cl. The van der Waals surface area contributed by atoms with Crippen LogP contribution in [0.2, 0.25) is 20.1 Å². The van der Waals surface area contributed by atoms with Gasteiger partial charge >= 0.3 is 0 Å². The molecule has 0 fully saturated rings. The predicted octanol–water partition coefficient (Wildman–Crippen LogP) is 5.69. The van der Waals surface area contributed by atoms with Crippen molar-refractivity contribution in [2.24, 2.45) is 0 Å². The van der Waals surface area contributed by atoms with Gasteiger partial charge in [-0.25, -0.2) is 4.39 Å². The predicted molar refractivity (Wildman–Crippen MR) is 76.3 cm³/mol. The van der Waals surface area contributed by atoms with Crippen LogP contribution in [0.3, 0.4) is 0 Å². The Kier molecular flexibility index (Phi) is 3.93. The molecule has 0 unspecified atom stereocenters. The van der Waals surface area contributed by atoms with Crippen LogP contribution in [-0.4, -0.2) is 0 Å². The lowest BCUT2D eigenvalue weighted by atomic mass is 10.0. The maximum absolute atomic E-state index is 13.4. The van der Waals surface area contributed by atoms with Gasteiger partial charge in [-0.05, 0) is 24.3 Å². The summed E-state index contributed by atoms with van der Waals surface area (Å²) >= 11 is 23.8. The molecule has 0 aromatic heterocycles. The molecule has 94 valence electrons. The van der Waals surface area contributed by atoms with Gasteiger partial charge in [0.25, 0.3) is 0 Å². The molecule has 0 saturated heterocycles. The van der Waals surface area contributed by atoms with Crippen LogP contribution in [0.15, 0.2) is 24.3 Å². The quantitative estimate of drug-likeness (QED) is 0.670. The first kappa shape index (κ1) is 13.8. The van der Waals surface area contributed by atoms with Crippen LogP contribution in [0.4, 0.5) is 10.1 Å². The highest BCUT2D eigenvalue weighted by atomic mass is 35.5. The molecule has 2 aromatic rings. The van der Waals surface area contributed by atoms with E-state index in [1.54, 1.807) is 0 Å². The molecular formula is C12H6Cl4FN. The van der Waals surface area contributed by atoms with Crippen LogP contribution in [0.1, 0.15) is 0 Å². The number of benzene rings is 2.